The maximum absolute atomic E-state index is 12.1. The summed E-state index contributed by atoms with van der Waals surface area (Å²) in [5.41, 5.74) is 1.75. The minimum atomic E-state index is -0.675. The number of hydrogen-bond acceptors (Lipinski definition) is 5. The number of benzene rings is 1. The van der Waals surface area contributed by atoms with Crippen molar-refractivity contribution in [2.24, 2.45) is 0 Å². The average Bonchev–Trinajstić information content (AvgIpc) is 3.07. The summed E-state index contributed by atoms with van der Waals surface area (Å²) in [7, 11) is 0. The lowest BCUT2D eigenvalue weighted by atomic mass is 10.0. The molecule has 1 aromatic carbocycles. The highest BCUT2D eigenvalue weighted by Crippen LogP contribution is 2.26. The molecule has 1 atom stereocenters. The SMILES string of the molecule is C[C@@H]1CCCCN1c1ccc(NC(=O)c2ccc([N+](=O)[O-])o2)cc1. The molecule has 1 aliphatic heterocycles. The van der Waals surface area contributed by atoms with Crippen molar-refractivity contribution < 1.29 is 14.1 Å². The largest absolute Gasteiger partial charge is 0.433 e. The third-order valence-electron chi connectivity index (χ3n) is 4.26. The first-order chi connectivity index (χ1) is 11.5. The lowest BCUT2D eigenvalue weighted by molar-refractivity contribution is -0.402. The highest BCUT2D eigenvalue weighted by molar-refractivity contribution is 6.02. The highest BCUT2D eigenvalue weighted by Gasteiger charge is 2.19. The van der Waals surface area contributed by atoms with Crippen molar-refractivity contribution in [1.29, 1.82) is 0 Å². The molecule has 24 heavy (non-hydrogen) atoms. The zero-order valence-electron chi connectivity index (χ0n) is 13.4. The molecule has 1 fully saturated rings. The molecule has 0 radical (unpaired) electrons. The fourth-order valence-corrected chi connectivity index (χ4v) is 2.96. The monoisotopic (exact) mass is 329 g/mol. The van der Waals surface area contributed by atoms with Crippen LogP contribution in [-0.4, -0.2) is 23.4 Å². The van der Waals surface area contributed by atoms with Gasteiger partial charge in [-0.25, -0.2) is 0 Å². The van der Waals surface area contributed by atoms with Gasteiger partial charge in [0.15, 0.2) is 5.76 Å². The van der Waals surface area contributed by atoms with Crippen LogP contribution in [0.15, 0.2) is 40.8 Å². The number of rotatable bonds is 4. The standard InChI is InChI=1S/C17H19N3O4/c1-12-4-2-3-11-19(12)14-7-5-13(6-8-14)18-17(21)15-9-10-16(24-15)20(22)23/h5-10,12H,2-4,11H2,1H3,(H,18,21)/t12-/m1/s1. The molecule has 0 aliphatic carbocycles. The maximum Gasteiger partial charge on any atom is 0.433 e. The molecule has 1 saturated heterocycles. The van der Waals surface area contributed by atoms with Gasteiger partial charge < -0.3 is 14.6 Å². The summed E-state index contributed by atoms with van der Waals surface area (Å²) in [6.07, 6.45) is 3.65. The van der Waals surface area contributed by atoms with Crippen molar-refractivity contribution in [3.8, 4) is 0 Å². The Morgan fingerprint density at radius 2 is 2.00 bits per heavy atom. The first-order valence-corrected chi connectivity index (χ1v) is 7.97. The molecule has 2 heterocycles. The van der Waals surface area contributed by atoms with Crippen LogP contribution in [0.4, 0.5) is 17.3 Å². The second kappa shape index (κ2) is 6.74. The number of nitrogens with one attached hydrogen (secondary N) is 1. The van der Waals surface area contributed by atoms with Crippen LogP contribution in [0, 0.1) is 10.1 Å². The third kappa shape index (κ3) is 3.40. The Morgan fingerprint density at radius 3 is 2.62 bits per heavy atom. The van der Waals surface area contributed by atoms with Gasteiger partial charge in [-0.1, -0.05) is 0 Å². The van der Waals surface area contributed by atoms with Crippen LogP contribution in [0.25, 0.3) is 0 Å². The highest BCUT2D eigenvalue weighted by atomic mass is 16.6. The summed E-state index contributed by atoms with van der Waals surface area (Å²) in [5.74, 6) is -1.05. The van der Waals surface area contributed by atoms with Crippen molar-refractivity contribution in [2.75, 3.05) is 16.8 Å². The number of nitro groups is 1. The van der Waals surface area contributed by atoms with Gasteiger partial charge in [0.2, 0.25) is 0 Å². The van der Waals surface area contributed by atoms with Crippen LogP contribution >= 0.6 is 0 Å². The van der Waals surface area contributed by atoms with Gasteiger partial charge in [0.05, 0.1) is 6.07 Å². The van der Waals surface area contributed by atoms with E-state index in [1.165, 1.54) is 25.3 Å². The Hall–Kier alpha value is -2.83. The topological polar surface area (TPSA) is 88.6 Å². The molecule has 126 valence electrons. The molecule has 3 rings (SSSR count). The van der Waals surface area contributed by atoms with Crippen molar-refractivity contribution in [2.45, 2.75) is 32.2 Å². The van der Waals surface area contributed by atoms with E-state index in [0.29, 0.717) is 11.7 Å². The number of anilines is 2. The molecule has 2 aromatic rings. The lowest BCUT2D eigenvalue weighted by Crippen LogP contribution is -2.37. The van der Waals surface area contributed by atoms with E-state index in [4.69, 9.17) is 4.42 Å². The molecule has 1 aliphatic rings. The Kier molecular flexibility index (Phi) is 4.50. The van der Waals surface area contributed by atoms with Gasteiger partial charge in [-0.05, 0) is 56.5 Å². The van der Waals surface area contributed by atoms with Gasteiger partial charge in [-0.15, -0.1) is 0 Å². The molecule has 7 heteroatoms. The molecule has 0 spiro atoms. The van der Waals surface area contributed by atoms with Crippen LogP contribution in [0.5, 0.6) is 0 Å². The number of nitrogens with zero attached hydrogens (tertiary/aromatic N) is 2. The second-order valence-corrected chi connectivity index (χ2v) is 5.93. The van der Waals surface area contributed by atoms with Crippen LogP contribution in [0.2, 0.25) is 0 Å². The predicted octanol–water partition coefficient (Wildman–Crippen LogP) is 3.82. The van der Waals surface area contributed by atoms with Crippen molar-refractivity contribution in [3.05, 3.63) is 52.3 Å². The van der Waals surface area contributed by atoms with E-state index in [1.54, 1.807) is 0 Å². The van der Waals surface area contributed by atoms with Crippen LogP contribution < -0.4 is 10.2 Å². The van der Waals surface area contributed by atoms with Gasteiger partial charge in [-0.3, -0.25) is 14.9 Å². The van der Waals surface area contributed by atoms with Crippen LogP contribution in [-0.2, 0) is 0 Å². The summed E-state index contributed by atoms with van der Waals surface area (Å²) in [4.78, 5) is 24.3. The minimum Gasteiger partial charge on any atom is -0.395 e. The number of carbonyl (C=O) groups is 1. The molecular weight excluding hydrogens is 310 g/mol. The van der Waals surface area contributed by atoms with E-state index in [9.17, 15) is 14.9 Å². The summed E-state index contributed by atoms with van der Waals surface area (Å²) in [6.45, 7) is 3.27. The smallest absolute Gasteiger partial charge is 0.395 e. The average molecular weight is 329 g/mol. The quantitative estimate of drug-likeness (QED) is 0.680. The fraction of sp³-hybridized carbons (Fsp3) is 0.353. The fourth-order valence-electron chi connectivity index (χ4n) is 2.96. The zero-order valence-corrected chi connectivity index (χ0v) is 13.4. The minimum absolute atomic E-state index is 0.0876. The Labute approximate surface area is 139 Å². The molecule has 1 N–H and O–H groups in total. The summed E-state index contributed by atoms with van der Waals surface area (Å²) in [6, 6.07) is 10.6. The van der Waals surface area contributed by atoms with Crippen molar-refractivity contribution in [3.63, 3.8) is 0 Å². The van der Waals surface area contributed by atoms with Gasteiger partial charge >= 0.3 is 5.88 Å². The maximum atomic E-state index is 12.1. The lowest BCUT2D eigenvalue weighted by Gasteiger charge is -2.35. The zero-order chi connectivity index (χ0) is 17.1. The summed E-state index contributed by atoms with van der Waals surface area (Å²) < 4.78 is 4.89. The molecule has 0 saturated carbocycles. The number of carbonyl (C=O) groups excluding carboxylic acids is 1. The molecule has 7 nitrogen and oxygen atoms in total. The Bertz CT molecular complexity index is 739. The van der Waals surface area contributed by atoms with Crippen molar-refractivity contribution in [1.82, 2.24) is 0 Å². The van der Waals surface area contributed by atoms with E-state index in [-0.39, 0.29) is 5.76 Å². The van der Waals surface area contributed by atoms with E-state index in [1.807, 2.05) is 24.3 Å². The van der Waals surface area contributed by atoms with Gasteiger partial charge in [0.25, 0.3) is 5.91 Å². The molecule has 1 aromatic heterocycles. The van der Waals surface area contributed by atoms with E-state index in [2.05, 4.69) is 17.1 Å². The third-order valence-corrected chi connectivity index (χ3v) is 4.26. The number of piperidine rings is 1. The van der Waals surface area contributed by atoms with Gasteiger partial charge in [0, 0.05) is 24.0 Å². The molecule has 0 bridgehead atoms. The van der Waals surface area contributed by atoms with Gasteiger partial charge in [0.1, 0.15) is 4.92 Å². The van der Waals surface area contributed by atoms with Gasteiger partial charge in [-0.2, -0.15) is 0 Å². The summed E-state index contributed by atoms with van der Waals surface area (Å²) >= 11 is 0. The number of amides is 1. The van der Waals surface area contributed by atoms with E-state index >= 15 is 0 Å². The molecular formula is C17H19N3O4. The Morgan fingerprint density at radius 1 is 1.25 bits per heavy atom. The van der Waals surface area contributed by atoms with Crippen LogP contribution in [0.3, 0.4) is 0 Å². The Balaban J connectivity index is 1.67. The van der Waals surface area contributed by atoms with Crippen LogP contribution in [0.1, 0.15) is 36.7 Å². The normalized spacial score (nSPS) is 17.5. The van der Waals surface area contributed by atoms with E-state index in [0.717, 1.165) is 18.3 Å². The molecule has 0 unspecified atom stereocenters. The van der Waals surface area contributed by atoms with Crippen molar-refractivity contribution >= 4 is 23.2 Å². The number of hydrogen-bond donors (Lipinski definition) is 1. The second-order valence-electron chi connectivity index (χ2n) is 5.93. The first-order valence-electron chi connectivity index (χ1n) is 7.97. The number of furan rings is 1. The predicted molar refractivity (Wildman–Crippen MR) is 90.4 cm³/mol. The summed E-state index contributed by atoms with van der Waals surface area (Å²) in [5, 5.41) is 13.3. The van der Waals surface area contributed by atoms with E-state index < -0.39 is 16.7 Å². The molecule has 1 amide bonds. The first kappa shape index (κ1) is 16.0.